The van der Waals surface area contributed by atoms with Crippen LogP contribution in [0.25, 0.3) is 0 Å². The van der Waals surface area contributed by atoms with Gasteiger partial charge in [0.15, 0.2) is 0 Å². The van der Waals surface area contributed by atoms with Crippen molar-refractivity contribution in [1.82, 2.24) is 4.98 Å². The predicted molar refractivity (Wildman–Crippen MR) is 64.6 cm³/mol. The summed E-state index contributed by atoms with van der Waals surface area (Å²) in [5, 5.41) is 0. The Kier molecular flexibility index (Phi) is 4.76. The topological polar surface area (TPSA) is 38.9 Å². The lowest BCUT2D eigenvalue weighted by atomic mass is 9.99. The van der Waals surface area contributed by atoms with Gasteiger partial charge in [-0.05, 0) is 30.4 Å². The second-order valence-corrected chi connectivity index (χ2v) is 4.73. The van der Waals surface area contributed by atoms with Crippen LogP contribution in [0.15, 0.2) is 18.5 Å². The molecule has 2 heteroatoms. The molecule has 2 nitrogen and oxygen atoms in total. The molecule has 1 aromatic rings. The van der Waals surface area contributed by atoms with Crippen LogP contribution in [0, 0.1) is 12.8 Å². The van der Waals surface area contributed by atoms with Gasteiger partial charge in [0.1, 0.15) is 0 Å². The Balaban J connectivity index is 2.43. The maximum atomic E-state index is 6.11. The molecule has 0 saturated heterocycles. The standard InChI is InChI=1S/C13H22N2/c1-10(2)5-4-6-13(14)12-7-11(3)8-15-9-12/h7-10,13H,4-6,14H2,1-3H3. The number of pyridine rings is 1. The van der Waals surface area contributed by atoms with E-state index >= 15 is 0 Å². The number of hydrogen-bond donors (Lipinski definition) is 1. The number of aromatic nitrogens is 1. The van der Waals surface area contributed by atoms with Crippen LogP contribution in [0.3, 0.4) is 0 Å². The molecule has 0 saturated carbocycles. The van der Waals surface area contributed by atoms with Crippen LogP contribution in [0.2, 0.25) is 0 Å². The highest BCUT2D eigenvalue weighted by Crippen LogP contribution is 2.18. The van der Waals surface area contributed by atoms with E-state index in [1.807, 2.05) is 12.4 Å². The first-order valence-corrected chi connectivity index (χ1v) is 5.76. The molecule has 0 bridgehead atoms. The Labute approximate surface area is 92.9 Å². The Morgan fingerprint density at radius 1 is 1.27 bits per heavy atom. The minimum atomic E-state index is 0.149. The first kappa shape index (κ1) is 12.2. The van der Waals surface area contributed by atoms with Crippen molar-refractivity contribution in [3.05, 3.63) is 29.6 Å². The van der Waals surface area contributed by atoms with Gasteiger partial charge in [-0.3, -0.25) is 4.98 Å². The molecule has 1 aromatic heterocycles. The van der Waals surface area contributed by atoms with Crippen molar-refractivity contribution in [1.29, 1.82) is 0 Å². The summed E-state index contributed by atoms with van der Waals surface area (Å²) in [4.78, 5) is 4.17. The smallest absolute Gasteiger partial charge is 0.0315 e. The van der Waals surface area contributed by atoms with E-state index in [-0.39, 0.29) is 6.04 Å². The number of nitrogens with two attached hydrogens (primary N) is 1. The van der Waals surface area contributed by atoms with Gasteiger partial charge in [-0.25, -0.2) is 0 Å². The summed E-state index contributed by atoms with van der Waals surface area (Å²) in [7, 11) is 0. The van der Waals surface area contributed by atoms with Gasteiger partial charge in [-0.2, -0.15) is 0 Å². The normalized spacial score (nSPS) is 13.1. The molecule has 1 rings (SSSR count). The molecule has 84 valence electrons. The molecular weight excluding hydrogens is 184 g/mol. The van der Waals surface area contributed by atoms with Crippen LogP contribution in [0.5, 0.6) is 0 Å². The van der Waals surface area contributed by atoms with Crippen LogP contribution in [0.1, 0.15) is 50.3 Å². The van der Waals surface area contributed by atoms with Crippen LogP contribution in [-0.4, -0.2) is 4.98 Å². The van der Waals surface area contributed by atoms with Gasteiger partial charge in [0.05, 0.1) is 0 Å². The zero-order valence-corrected chi connectivity index (χ0v) is 10.0. The lowest BCUT2D eigenvalue weighted by Gasteiger charge is -2.12. The summed E-state index contributed by atoms with van der Waals surface area (Å²) in [6.45, 7) is 6.55. The van der Waals surface area contributed by atoms with Gasteiger partial charge >= 0.3 is 0 Å². The van der Waals surface area contributed by atoms with Gasteiger partial charge in [-0.15, -0.1) is 0 Å². The molecule has 0 aliphatic carbocycles. The van der Waals surface area contributed by atoms with Crippen LogP contribution in [-0.2, 0) is 0 Å². The first-order chi connectivity index (χ1) is 7.09. The fraction of sp³-hybridized carbons (Fsp3) is 0.615. The molecule has 0 aliphatic rings. The second-order valence-electron chi connectivity index (χ2n) is 4.73. The van der Waals surface area contributed by atoms with Crippen LogP contribution in [0.4, 0.5) is 0 Å². The Morgan fingerprint density at radius 3 is 2.60 bits per heavy atom. The van der Waals surface area contributed by atoms with Gasteiger partial charge in [0, 0.05) is 18.4 Å². The van der Waals surface area contributed by atoms with Crippen molar-refractivity contribution in [2.75, 3.05) is 0 Å². The Morgan fingerprint density at radius 2 is 2.00 bits per heavy atom. The molecule has 1 heterocycles. The highest BCUT2D eigenvalue weighted by molar-refractivity contribution is 5.19. The van der Waals surface area contributed by atoms with Gasteiger partial charge in [-0.1, -0.05) is 32.8 Å². The molecule has 0 spiro atoms. The molecule has 1 unspecified atom stereocenters. The molecular formula is C13H22N2. The van der Waals surface area contributed by atoms with Gasteiger partial charge < -0.3 is 5.73 Å². The van der Waals surface area contributed by atoms with Crippen LogP contribution < -0.4 is 5.73 Å². The summed E-state index contributed by atoms with van der Waals surface area (Å²) >= 11 is 0. The van der Waals surface area contributed by atoms with E-state index in [1.54, 1.807) is 0 Å². The molecule has 1 atom stereocenters. The van der Waals surface area contributed by atoms with Crippen molar-refractivity contribution < 1.29 is 0 Å². The van der Waals surface area contributed by atoms with E-state index in [0.717, 1.165) is 12.3 Å². The van der Waals surface area contributed by atoms with Crippen molar-refractivity contribution in [2.45, 2.75) is 46.1 Å². The number of nitrogens with zero attached hydrogens (tertiary/aromatic N) is 1. The zero-order chi connectivity index (χ0) is 11.3. The fourth-order valence-corrected chi connectivity index (χ4v) is 1.69. The summed E-state index contributed by atoms with van der Waals surface area (Å²) in [6.07, 6.45) is 7.26. The molecule has 2 N–H and O–H groups in total. The van der Waals surface area contributed by atoms with Gasteiger partial charge in [0.25, 0.3) is 0 Å². The van der Waals surface area contributed by atoms with Crippen molar-refractivity contribution >= 4 is 0 Å². The highest BCUT2D eigenvalue weighted by Gasteiger charge is 2.06. The third-order valence-corrected chi connectivity index (χ3v) is 2.62. The van der Waals surface area contributed by atoms with Gasteiger partial charge in [0.2, 0.25) is 0 Å². The van der Waals surface area contributed by atoms with Crippen molar-refractivity contribution in [3.8, 4) is 0 Å². The quantitative estimate of drug-likeness (QED) is 0.803. The number of aryl methyl sites for hydroxylation is 1. The first-order valence-electron chi connectivity index (χ1n) is 5.76. The average Bonchev–Trinajstić information content (AvgIpc) is 2.17. The van der Waals surface area contributed by atoms with E-state index in [0.29, 0.717) is 0 Å². The summed E-state index contributed by atoms with van der Waals surface area (Å²) in [6, 6.07) is 2.28. The van der Waals surface area contributed by atoms with E-state index in [9.17, 15) is 0 Å². The molecule has 0 radical (unpaired) electrons. The van der Waals surface area contributed by atoms with Crippen molar-refractivity contribution in [3.63, 3.8) is 0 Å². The molecule has 15 heavy (non-hydrogen) atoms. The molecule has 0 amide bonds. The summed E-state index contributed by atoms with van der Waals surface area (Å²) in [5.41, 5.74) is 8.46. The van der Waals surface area contributed by atoms with Crippen LogP contribution >= 0.6 is 0 Å². The molecule has 0 aliphatic heterocycles. The van der Waals surface area contributed by atoms with Crippen molar-refractivity contribution in [2.24, 2.45) is 11.7 Å². The Bertz CT molecular complexity index is 294. The lowest BCUT2D eigenvalue weighted by molar-refractivity contribution is 0.505. The maximum Gasteiger partial charge on any atom is 0.0315 e. The maximum absolute atomic E-state index is 6.11. The fourth-order valence-electron chi connectivity index (χ4n) is 1.69. The largest absolute Gasteiger partial charge is 0.324 e. The third-order valence-electron chi connectivity index (χ3n) is 2.62. The van der Waals surface area contributed by atoms with E-state index in [2.05, 4.69) is 31.8 Å². The zero-order valence-electron chi connectivity index (χ0n) is 10.0. The number of hydrogen-bond acceptors (Lipinski definition) is 2. The summed E-state index contributed by atoms with van der Waals surface area (Å²) in [5.74, 6) is 0.771. The second kappa shape index (κ2) is 5.86. The van der Waals surface area contributed by atoms with E-state index in [1.165, 1.54) is 24.0 Å². The monoisotopic (exact) mass is 206 g/mol. The average molecular weight is 206 g/mol. The number of rotatable bonds is 5. The summed E-state index contributed by atoms with van der Waals surface area (Å²) < 4.78 is 0. The lowest BCUT2D eigenvalue weighted by Crippen LogP contribution is -2.11. The molecule has 0 aromatic carbocycles. The minimum Gasteiger partial charge on any atom is -0.324 e. The molecule has 0 fully saturated rings. The SMILES string of the molecule is Cc1cncc(C(N)CCCC(C)C)c1. The predicted octanol–water partition coefficient (Wildman–Crippen LogP) is 3.22. The van der Waals surface area contributed by atoms with E-state index < -0.39 is 0 Å². The van der Waals surface area contributed by atoms with E-state index in [4.69, 9.17) is 5.73 Å². The third kappa shape index (κ3) is 4.43. The minimum absolute atomic E-state index is 0.149. The highest BCUT2D eigenvalue weighted by atomic mass is 14.7. The Hall–Kier alpha value is -0.890.